The van der Waals surface area contributed by atoms with Gasteiger partial charge >= 0.3 is 0 Å². The Labute approximate surface area is 196 Å². The monoisotopic (exact) mass is 478 g/mol. The third-order valence-corrected chi connectivity index (χ3v) is 6.20. The number of furan rings is 1. The molecule has 0 bridgehead atoms. The molecule has 1 fully saturated rings. The van der Waals surface area contributed by atoms with Gasteiger partial charge in [-0.25, -0.2) is 0 Å². The molecule has 5 nitrogen and oxygen atoms in total. The van der Waals surface area contributed by atoms with Gasteiger partial charge in [0, 0.05) is 48.3 Å². The molecule has 2 heterocycles. The summed E-state index contributed by atoms with van der Waals surface area (Å²) in [7, 11) is 0. The van der Waals surface area contributed by atoms with E-state index >= 15 is 0 Å². The van der Waals surface area contributed by atoms with E-state index < -0.39 is 0 Å². The molecule has 0 aliphatic carbocycles. The highest BCUT2D eigenvalue weighted by Gasteiger charge is 2.25. The minimum absolute atomic E-state index is 0.126. The molecule has 0 spiro atoms. The number of hydrogen-bond donors (Lipinski definition) is 0. The van der Waals surface area contributed by atoms with E-state index in [4.69, 9.17) is 44.0 Å². The highest BCUT2D eigenvalue weighted by Crippen LogP contribution is 2.27. The van der Waals surface area contributed by atoms with E-state index in [2.05, 4.69) is 4.90 Å². The first kappa shape index (κ1) is 22.0. The van der Waals surface area contributed by atoms with Crippen LogP contribution in [-0.4, -0.2) is 41.9 Å². The molecule has 3 aromatic rings. The molecule has 1 saturated heterocycles. The number of benzene rings is 2. The Balaban J connectivity index is 1.30. The largest absolute Gasteiger partial charge is 0.484 e. The van der Waals surface area contributed by atoms with E-state index in [1.807, 2.05) is 30.3 Å². The fraction of sp³-hybridized carbons (Fsp3) is 0.261. The highest BCUT2D eigenvalue weighted by atomic mass is 35.5. The van der Waals surface area contributed by atoms with E-state index in [0.29, 0.717) is 52.0 Å². The van der Waals surface area contributed by atoms with Crippen molar-refractivity contribution in [2.45, 2.75) is 13.2 Å². The Hall–Kier alpha value is -2.18. The number of amides is 1. The molecular formula is C23H21Cl3N2O3. The van der Waals surface area contributed by atoms with Crippen LogP contribution in [0.25, 0.3) is 0 Å². The molecule has 0 radical (unpaired) electrons. The molecule has 0 saturated carbocycles. The van der Waals surface area contributed by atoms with Crippen LogP contribution in [0.1, 0.15) is 21.9 Å². The van der Waals surface area contributed by atoms with Gasteiger partial charge in [-0.3, -0.25) is 9.69 Å². The summed E-state index contributed by atoms with van der Waals surface area (Å²) in [5.41, 5.74) is 0.916. The van der Waals surface area contributed by atoms with Gasteiger partial charge in [0.25, 0.3) is 5.91 Å². The molecule has 1 aliphatic rings. The topological polar surface area (TPSA) is 45.9 Å². The summed E-state index contributed by atoms with van der Waals surface area (Å²) in [4.78, 5) is 16.9. The van der Waals surface area contributed by atoms with Crippen molar-refractivity contribution in [1.29, 1.82) is 0 Å². The molecular weight excluding hydrogens is 459 g/mol. The summed E-state index contributed by atoms with van der Waals surface area (Å²) < 4.78 is 11.4. The van der Waals surface area contributed by atoms with Gasteiger partial charge in [-0.1, -0.05) is 53.0 Å². The predicted molar refractivity (Wildman–Crippen MR) is 122 cm³/mol. The van der Waals surface area contributed by atoms with Gasteiger partial charge in [-0.05, 0) is 36.4 Å². The number of piperazine rings is 1. The van der Waals surface area contributed by atoms with Crippen molar-refractivity contribution >= 4 is 40.7 Å². The van der Waals surface area contributed by atoms with E-state index in [1.54, 1.807) is 29.2 Å². The molecule has 1 aliphatic heterocycles. The van der Waals surface area contributed by atoms with Crippen molar-refractivity contribution in [1.82, 2.24) is 9.80 Å². The molecule has 0 unspecified atom stereocenters. The normalized spacial score (nSPS) is 14.6. The van der Waals surface area contributed by atoms with E-state index in [1.165, 1.54) is 0 Å². The lowest BCUT2D eigenvalue weighted by molar-refractivity contribution is 0.0594. The summed E-state index contributed by atoms with van der Waals surface area (Å²) >= 11 is 18.6. The Morgan fingerprint density at radius 3 is 2.26 bits per heavy atom. The smallest absolute Gasteiger partial charge is 0.289 e. The number of hydrogen-bond acceptors (Lipinski definition) is 4. The number of rotatable bonds is 6. The molecule has 0 atom stereocenters. The van der Waals surface area contributed by atoms with Gasteiger partial charge in [0.2, 0.25) is 0 Å². The number of halogens is 3. The quantitative estimate of drug-likeness (QED) is 0.450. The summed E-state index contributed by atoms with van der Waals surface area (Å²) in [6, 6.07) is 16.2. The first-order valence-corrected chi connectivity index (χ1v) is 11.0. The lowest BCUT2D eigenvalue weighted by Gasteiger charge is -2.34. The average molecular weight is 480 g/mol. The van der Waals surface area contributed by atoms with Crippen LogP contribution in [0.5, 0.6) is 5.75 Å². The number of ether oxygens (including phenoxy) is 1. The zero-order valence-corrected chi connectivity index (χ0v) is 19.0. The molecule has 162 valence electrons. The molecule has 1 aromatic heterocycles. The fourth-order valence-electron chi connectivity index (χ4n) is 3.45. The second-order valence-electron chi connectivity index (χ2n) is 7.25. The third kappa shape index (κ3) is 5.36. The van der Waals surface area contributed by atoms with Crippen LogP contribution in [0.3, 0.4) is 0 Å². The SMILES string of the molecule is O=C(c1ccc(COc2ccccc2Cl)o1)N1CCN(Cc2c(Cl)cccc2Cl)CC1. The van der Waals surface area contributed by atoms with Gasteiger partial charge in [-0.2, -0.15) is 0 Å². The fourth-order valence-corrected chi connectivity index (χ4v) is 4.16. The molecule has 2 aromatic carbocycles. The molecule has 8 heteroatoms. The summed E-state index contributed by atoms with van der Waals surface area (Å²) in [6.45, 7) is 3.53. The minimum atomic E-state index is -0.126. The Kier molecular flexibility index (Phi) is 7.08. The second-order valence-corrected chi connectivity index (χ2v) is 8.48. The Morgan fingerprint density at radius 1 is 0.871 bits per heavy atom. The van der Waals surface area contributed by atoms with Crippen molar-refractivity contribution < 1.29 is 13.9 Å². The standard InChI is InChI=1S/C23H21Cl3N2O3/c24-18-5-3-6-19(25)17(18)14-27-10-12-28(13-11-27)23(29)22-9-8-16(31-22)15-30-21-7-2-1-4-20(21)26/h1-9H,10-15H2. The Morgan fingerprint density at radius 2 is 1.55 bits per heavy atom. The van der Waals surface area contributed by atoms with Crippen LogP contribution in [0.4, 0.5) is 0 Å². The number of carbonyl (C=O) groups excluding carboxylic acids is 1. The second kappa shape index (κ2) is 9.96. The van der Waals surface area contributed by atoms with Gasteiger partial charge in [-0.15, -0.1) is 0 Å². The molecule has 31 heavy (non-hydrogen) atoms. The van der Waals surface area contributed by atoms with Gasteiger partial charge < -0.3 is 14.1 Å². The van der Waals surface area contributed by atoms with Crippen molar-refractivity contribution in [2.24, 2.45) is 0 Å². The first-order chi connectivity index (χ1) is 15.0. The van der Waals surface area contributed by atoms with Crippen molar-refractivity contribution in [3.63, 3.8) is 0 Å². The maximum Gasteiger partial charge on any atom is 0.289 e. The number of carbonyl (C=O) groups is 1. The van der Waals surface area contributed by atoms with Crippen LogP contribution >= 0.6 is 34.8 Å². The minimum Gasteiger partial charge on any atom is -0.484 e. The highest BCUT2D eigenvalue weighted by molar-refractivity contribution is 6.36. The van der Waals surface area contributed by atoms with E-state index in [0.717, 1.165) is 18.7 Å². The lowest BCUT2D eigenvalue weighted by atomic mass is 10.2. The zero-order chi connectivity index (χ0) is 21.8. The van der Waals surface area contributed by atoms with Crippen LogP contribution in [0, 0.1) is 0 Å². The van der Waals surface area contributed by atoms with Crippen LogP contribution < -0.4 is 4.74 Å². The molecule has 1 amide bonds. The Bertz CT molecular complexity index is 1040. The van der Waals surface area contributed by atoms with Crippen molar-refractivity contribution in [3.8, 4) is 5.75 Å². The summed E-state index contributed by atoms with van der Waals surface area (Å²) in [6.07, 6.45) is 0. The van der Waals surface area contributed by atoms with Gasteiger partial charge in [0.15, 0.2) is 5.76 Å². The summed E-state index contributed by atoms with van der Waals surface area (Å²) in [5, 5.41) is 1.85. The molecule has 0 N–H and O–H groups in total. The predicted octanol–water partition coefficient (Wildman–Crippen LogP) is 5.78. The maximum atomic E-state index is 12.8. The first-order valence-electron chi connectivity index (χ1n) is 9.92. The van der Waals surface area contributed by atoms with Crippen LogP contribution in [0.2, 0.25) is 15.1 Å². The maximum absolute atomic E-state index is 12.8. The van der Waals surface area contributed by atoms with Gasteiger partial charge in [0.1, 0.15) is 18.1 Å². The van der Waals surface area contributed by atoms with E-state index in [9.17, 15) is 4.79 Å². The van der Waals surface area contributed by atoms with Crippen molar-refractivity contribution in [2.75, 3.05) is 26.2 Å². The van der Waals surface area contributed by atoms with Crippen molar-refractivity contribution in [3.05, 3.63) is 86.7 Å². The number of nitrogens with zero attached hydrogens (tertiary/aromatic N) is 2. The third-order valence-electron chi connectivity index (χ3n) is 5.18. The van der Waals surface area contributed by atoms with Gasteiger partial charge in [0.05, 0.1) is 5.02 Å². The van der Waals surface area contributed by atoms with Crippen LogP contribution in [0.15, 0.2) is 59.0 Å². The average Bonchev–Trinajstić information content (AvgIpc) is 3.25. The number of para-hydroxylation sites is 1. The molecule has 4 rings (SSSR count). The van der Waals surface area contributed by atoms with Crippen LogP contribution in [-0.2, 0) is 13.2 Å². The zero-order valence-electron chi connectivity index (χ0n) is 16.7. The van der Waals surface area contributed by atoms with E-state index in [-0.39, 0.29) is 12.5 Å². The summed E-state index contributed by atoms with van der Waals surface area (Å²) in [5.74, 6) is 1.32. The lowest BCUT2D eigenvalue weighted by Crippen LogP contribution is -2.48.